The monoisotopic (exact) mass is 257 g/mol. The largest absolute Gasteiger partial charge is 0.337 e. The van der Waals surface area contributed by atoms with E-state index in [9.17, 15) is 0 Å². The highest BCUT2D eigenvalue weighted by atomic mass is 15.0. The van der Waals surface area contributed by atoms with Crippen LogP contribution in [0.25, 0.3) is 0 Å². The standard InChI is InChI=1S/C16H23N3/c1-14-6-5-7-15(2)16(14)12-17-8-3-4-10-19-11-9-18-13-19/h5-7,9,11,13,17H,3-4,8,10,12H2,1-2H3. The van der Waals surface area contributed by atoms with Gasteiger partial charge in [-0.1, -0.05) is 18.2 Å². The Balaban J connectivity index is 1.64. The maximum absolute atomic E-state index is 4.04. The summed E-state index contributed by atoms with van der Waals surface area (Å²) in [5.74, 6) is 0. The van der Waals surface area contributed by atoms with Crippen molar-refractivity contribution in [3.63, 3.8) is 0 Å². The lowest BCUT2D eigenvalue weighted by Gasteiger charge is -2.11. The highest BCUT2D eigenvalue weighted by molar-refractivity contribution is 5.33. The minimum atomic E-state index is 0.976. The van der Waals surface area contributed by atoms with Gasteiger partial charge in [-0.3, -0.25) is 0 Å². The van der Waals surface area contributed by atoms with Crippen LogP contribution in [0.3, 0.4) is 0 Å². The number of nitrogens with zero attached hydrogens (tertiary/aromatic N) is 2. The van der Waals surface area contributed by atoms with Crippen molar-refractivity contribution >= 4 is 0 Å². The van der Waals surface area contributed by atoms with Crippen molar-refractivity contribution in [1.82, 2.24) is 14.9 Å². The molecule has 19 heavy (non-hydrogen) atoms. The Morgan fingerprint density at radius 3 is 2.63 bits per heavy atom. The molecule has 1 aromatic heterocycles. The van der Waals surface area contributed by atoms with Crippen molar-refractivity contribution in [3.05, 3.63) is 53.6 Å². The Hall–Kier alpha value is -1.61. The zero-order valence-corrected chi connectivity index (χ0v) is 11.9. The molecule has 0 spiro atoms. The number of rotatable bonds is 7. The maximum atomic E-state index is 4.04. The summed E-state index contributed by atoms with van der Waals surface area (Å²) >= 11 is 0. The van der Waals surface area contributed by atoms with E-state index in [1.807, 2.05) is 18.7 Å². The van der Waals surface area contributed by atoms with Crippen LogP contribution in [-0.4, -0.2) is 16.1 Å². The molecular weight excluding hydrogens is 234 g/mol. The lowest BCUT2D eigenvalue weighted by molar-refractivity contribution is 0.567. The van der Waals surface area contributed by atoms with Gasteiger partial charge in [-0.25, -0.2) is 4.98 Å². The lowest BCUT2D eigenvalue weighted by atomic mass is 10.0. The molecular formula is C16H23N3. The summed E-state index contributed by atoms with van der Waals surface area (Å²) in [7, 11) is 0. The molecule has 2 rings (SSSR count). The number of aryl methyl sites for hydroxylation is 3. The number of aromatic nitrogens is 2. The van der Waals surface area contributed by atoms with Crippen molar-refractivity contribution in [2.24, 2.45) is 0 Å². The number of hydrogen-bond acceptors (Lipinski definition) is 2. The molecule has 0 amide bonds. The molecule has 0 aliphatic heterocycles. The summed E-state index contributed by atoms with van der Waals surface area (Å²) in [4.78, 5) is 4.04. The minimum Gasteiger partial charge on any atom is -0.337 e. The minimum absolute atomic E-state index is 0.976. The summed E-state index contributed by atoms with van der Waals surface area (Å²) in [6.45, 7) is 7.48. The molecule has 1 heterocycles. The van der Waals surface area contributed by atoms with Gasteiger partial charge in [-0.05, 0) is 49.9 Å². The van der Waals surface area contributed by atoms with Crippen LogP contribution in [0.5, 0.6) is 0 Å². The Morgan fingerprint density at radius 2 is 1.95 bits per heavy atom. The summed E-state index contributed by atoms with van der Waals surface area (Å²) in [5.41, 5.74) is 4.20. The van der Waals surface area contributed by atoms with Crippen molar-refractivity contribution in [1.29, 1.82) is 0 Å². The van der Waals surface area contributed by atoms with Gasteiger partial charge in [-0.2, -0.15) is 0 Å². The first-order valence-electron chi connectivity index (χ1n) is 6.99. The van der Waals surface area contributed by atoms with E-state index >= 15 is 0 Å². The quantitative estimate of drug-likeness (QED) is 0.773. The highest BCUT2D eigenvalue weighted by Crippen LogP contribution is 2.12. The smallest absolute Gasteiger partial charge is 0.0945 e. The van der Waals surface area contributed by atoms with Crippen LogP contribution in [-0.2, 0) is 13.1 Å². The molecule has 3 heteroatoms. The molecule has 0 atom stereocenters. The van der Waals surface area contributed by atoms with E-state index in [4.69, 9.17) is 0 Å². The Bertz CT molecular complexity index is 468. The van der Waals surface area contributed by atoms with Crippen molar-refractivity contribution in [2.45, 2.75) is 39.8 Å². The SMILES string of the molecule is Cc1cccc(C)c1CNCCCCn1ccnc1. The molecule has 0 saturated carbocycles. The molecule has 2 aromatic rings. The van der Waals surface area contributed by atoms with Gasteiger partial charge in [0, 0.05) is 25.5 Å². The lowest BCUT2D eigenvalue weighted by Crippen LogP contribution is -2.16. The van der Waals surface area contributed by atoms with E-state index in [1.54, 1.807) is 0 Å². The zero-order valence-electron chi connectivity index (χ0n) is 11.9. The topological polar surface area (TPSA) is 29.9 Å². The van der Waals surface area contributed by atoms with Crippen molar-refractivity contribution < 1.29 is 0 Å². The molecule has 0 unspecified atom stereocenters. The van der Waals surface area contributed by atoms with Gasteiger partial charge < -0.3 is 9.88 Å². The van der Waals surface area contributed by atoms with Crippen LogP contribution in [0, 0.1) is 13.8 Å². The molecule has 102 valence electrons. The average Bonchev–Trinajstić information content (AvgIpc) is 2.89. The summed E-state index contributed by atoms with van der Waals surface area (Å²) in [5, 5.41) is 3.54. The Labute approximate surface area is 115 Å². The van der Waals surface area contributed by atoms with Crippen LogP contribution in [0.1, 0.15) is 29.5 Å². The molecule has 0 radical (unpaired) electrons. The predicted molar refractivity (Wildman–Crippen MR) is 79.1 cm³/mol. The third-order valence-corrected chi connectivity index (χ3v) is 3.53. The Kier molecular flexibility index (Phi) is 5.16. The van der Waals surface area contributed by atoms with Gasteiger partial charge in [-0.15, -0.1) is 0 Å². The Morgan fingerprint density at radius 1 is 1.16 bits per heavy atom. The second-order valence-electron chi connectivity index (χ2n) is 5.05. The van der Waals surface area contributed by atoms with Crippen LogP contribution < -0.4 is 5.32 Å². The molecule has 1 aromatic carbocycles. The van der Waals surface area contributed by atoms with Crippen LogP contribution in [0.2, 0.25) is 0 Å². The first kappa shape index (κ1) is 13.8. The van der Waals surface area contributed by atoms with E-state index < -0.39 is 0 Å². The number of nitrogens with one attached hydrogen (secondary N) is 1. The fourth-order valence-corrected chi connectivity index (χ4v) is 2.30. The van der Waals surface area contributed by atoms with E-state index in [0.717, 1.165) is 19.6 Å². The predicted octanol–water partition coefficient (Wildman–Crippen LogP) is 3.07. The van der Waals surface area contributed by atoms with Gasteiger partial charge in [0.25, 0.3) is 0 Å². The highest BCUT2D eigenvalue weighted by Gasteiger charge is 2.00. The van der Waals surface area contributed by atoms with Gasteiger partial charge in [0.2, 0.25) is 0 Å². The normalized spacial score (nSPS) is 10.8. The molecule has 1 N–H and O–H groups in total. The van der Waals surface area contributed by atoms with Crippen molar-refractivity contribution in [3.8, 4) is 0 Å². The summed E-state index contributed by atoms with van der Waals surface area (Å²) in [6, 6.07) is 6.49. The van der Waals surface area contributed by atoms with E-state index in [0.29, 0.717) is 0 Å². The second kappa shape index (κ2) is 7.10. The molecule has 0 fully saturated rings. The fraction of sp³-hybridized carbons (Fsp3) is 0.438. The van der Waals surface area contributed by atoms with Crippen LogP contribution >= 0.6 is 0 Å². The van der Waals surface area contributed by atoms with Gasteiger partial charge in [0.05, 0.1) is 6.33 Å². The molecule has 0 aliphatic rings. The number of hydrogen-bond donors (Lipinski definition) is 1. The van der Waals surface area contributed by atoms with E-state index in [1.165, 1.54) is 29.5 Å². The summed E-state index contributed by atoms with van der Waals surface area (Å²) < 4.78 is 2.13. The third-order valence-electron chi connectivity index (χ3n) is 3.53. The maximum Gasteiger partial charge on any atom is 0.0945 e. The summed E-state index contributed by atoms with van der Waals surface area (Å²) in [6.07, 6.45) is 8.12. The van der Waals surface area contributed by atoms with Crippen LogP contribution in [0.4, 0.5) is 0 Å². The van der Waals surface area contributed by atoms with Gasteiger partial charge >= 0.3 is 0 Å². The molecule has 0 bridgehead atoms. The van der Waals surface area contributed by atoms with Crippen LogP contribution in [0.15, 0.2) is 36.9 Å². The van der Waals surface area contributed by atoms with Gasteiger partial charge in [0.15, 0.2) is 0 Å². The molecule has 0 aliphatic carbocycles. The molecule has 0 saturated heterocycles. The average molecular weight is 257 g/mol. The van der Waals surface area contributed by atoms with Gasteiger partial charge in [0.1, 0.15) is 0 Å². The van der Waals surface area contributed by atoms with E-state index in [-0.39, 0.29) is 0 Å². The van der Waals surface area contributed by atoms with Crippen molar-refractivity contribution in [2.75, 3.05) is 6.54 Å². The third kappa shape index (κ3) is 4.21. The second-order valence-corrected chi connectivity index (χ2v) is 5.05. The number of unbranched alkanes of at least 4 members (excludes halogenated alkanes) is 1. The number of imidazole rings is 1. The zero-order chi connectivity index (χ0) is 13.5. The van der Waals surface area contributed by atoms with E-state index in [2.05, 4.69) is 46.9 Å². The molecule has 3 nitrogen and oxygen atoms in total. The first-order chi connectivity index (χ1) is 9.27. The fourth-order valence-electron chi connectivity index (χ4n) is 2.30. The first-order valence-corrected chi connectivity index (χ1v) is 6.99. The number of benzene rings is 1.